The Morgan fingerprint density at radius 1 is 0.595 bits per heavy atom. The van der Waals surface area contributed by atoms with Crippen LogP contribution in [0.4, 0.5) is 0 Å². The molecule has 6 heteroatoms. The van der Waals surface area contributed by atoms with Crippen molar-refractivity contribution in [1.29, 1.82) is 0 Å². The van der Waals surface area contributed by atoms with Gasteiger partial charge in [0, 0.05) is 35.3 Å². The lowest BCUT2D eigenvalue weighted by atomic mass is 9.51. The third-order valence-electron chi connectivity index (χ3n) is 12.4. The molecule has 0 radical (unpaired) electrons. The minimum absolute atomic E-state index is 0.218. The van der Waals surface area contributed by atoms with E-state index >= 15 is 0 Å². The number of nitrogens with zero attached hydrogens (tertiary/aromatic N) is 4. The standard InChI is InChI=1S/2C18H23N3/c1-11-10-20-14-9-13-12(7-15(14)21-11)8-16-17(2,3)18(13,4)5-6-19-16;1-11-10-20-14-7-12-8-16-17(2,3)18(4,5-6-19-16)13(12)9-15(14)21-11/h2*7,9-10,16,19H,5-6,8H2,1-4H3/t2*16-,18+/m11/s1. The van der Waals surface area contributed by atoms with Crippen molar-refractivity contribution in [3.05, 3.63) is 70.3 Å². The van der Waals surface area contributed by atoms with Crippen molar-refractivity contribution in [3.8, 4) is 0 Å². The molecule has 4 aromatic rings. The summed E-state index contributed by atoms with van der Waals surface area (Å²) in [5, 5.41) is 7.46. The monoisotopic (exact) mass is 562 g/mol. The van der Waals surface area contributed by atoms with Gasteiger partial charge in [-0.15, -0.1) is 0 Å². The quantitative estimate of drug-likeness (QED) is 0.263. The molecule has 0 saturated carbocycles. The van der Waals surface area contributed by atoms with Gasteiger partial charge in [0.05, 0.1) is 33.5 Å². The van der Waals surface area contributed by atoms with Crippen LogP contribution in [0.15, 0.2) is 36.7 Å². The predicted octanol–water partition coefficient (Wildman–Crippen LogP) is 6.28. The number of nitrogens with one attached hydrogen (secondary N) is 2. The largest absolute Gasteiger partial charge is 0.313 e. The minimum Gasteiger partial charge on any atom is -0.313 e. The third-order valence-corrected chi connectivity index (χ3v) is 12.4. The van der Waals surface area contributed by atoms with Crippen molar-refractivity contribution in [2.45, 2.75) is 104 Å². The van der Waals surface area contributed by atoms with Crippen LogP contribution in [0.1, 0.15) is 88.0 Å². The number of benzene rings is 2. The maximum absolute atomic E-state index is 4.69. The number of rotatable bonds is 0. The van der Waals surface area contributed by atoms with Crippen molar-refractivity contribution >= 4 is 22.1 Å². The summed E-state index contributed by atoms with van der Waals surface area (Å²) in [6.07, 6.45) is 8.31. The normalized spacial score (nSPS) is 30.2. The first-order valence-corrected chi connectivity index (χ1v) is 15.8. The first-order chi connectivity index (χ1) is 19.8. The minimum atomic E-state index is 0.218. The van der Waals surface area contributed by atoms with Gasteiger partial charge in [-0.25, -0.2) is 9.97 Å². The predicted molar refractivity (Wildman–Crippen MR) is 171 cm³/mol. The molecule has 4 atom stereocenters. The van der Waals surface area contributed by atoms with Crippen LogP contribution >= 0.6 is 0 Å². The Morgan fingerprint density at radius 2 is 1.00 bits per heavy atom. The van der Waals surface area contributed by atoms with Crippen LogP contribution in [-0.2, 0) is 23.7 Å². The molecule has 4 aliphatic rings. The van der Waals surface area contributed by atoms with Gasteiger partial charge in [0.15, 0.2) is 0 Å². The summed E-state index contributed by atoms with van der Waals surface area (Å²) >= 11 is 0. The maximum Gasteiger partial charge on any atom is 0.0893 e. The summed E-state index contributed by atoms with van der Waals surface area (Å²) in [5.74, 6) is 0. The Hall–Kier alpha value is -2.96. The van der Waals surface area contributed by atoms with Crippen molar-refractivity contribution in [2.75, 3.05) is 13.1 Å². The van der Waals surface area contributed by atoms with Crippen LogP contribution < -0.4 is 10.6 Å². The molecule has 8 rings (SSSR count). The maximum atomic E-state index is 4.69. The van der Waals surface area contributed by atoms with E-state index in [0.29, 0.717) is 12.1 Å². The summed E-state index contributed by atoms with van der Waals surface area (Å²) in [5.41, 5.74) is 13.0. The van der Waals surface area contributed by atoms with Gasteiger partial charge in [-0.05, 0) is 110 Å². The first kappa shape index (κ1) is 27.8. The Bertz CT molecular complexity index is 1720. The number of fused-ring (bicyclic) bond motifs is 10. The Balaban J connectivity index is 0.000000137. The van der Waals surface area contributed by atoms with E-state index in [9.17, 15) is 0 Å². The zero-order chi connectivity index (χ0) is 29.7. The molecule has 2 aliphatic heterocycles. The van der Waals surface area contributed by atoms with Gasteiger partial charge < -0.3 is 10.6 Å². The topological polar surface area (TPSA) is 75.6 Å². The SMILES string of the molecule is Cc1cnc2cc3c(cc2n1)C[C@H]1NCC[C@]3(C)C1(C)C.Cc1cnc2cc3c(cc2n1)[C@]1(C)CCN[C@H](C3)C1(C)C. The van der Waals surface area contributed by atoms with Crippen LogP contribution in [0.3, 0.4) is 0 Å². The smallest absolute Gasteiger partial charge is 0.0893 e. The second-order valence-corrected chi connectivity index (χ2v) is 15.0. The van der Waals surface area contributed by atoms with Crippen LogP contribution in [0.2, 0.25) is 0 Å². The number of piperidine rings is 2. The molecular weight excluding hydrogens is 516 g/mol. The fraction of sp³-hybridized carbons (Fsp3) is 0.556. The van der Waals surface area contributed by atoms with E-state index in [1.54, 1.807) is 0 Å². The summed E-state index contributed by atoms with van der Waals surface area (Å²) < 4.78 is 0. The Labute approximate surface area is 250 Å². The average Bonchev–Trinajstić information content (AvgIpc) is 2.92. The molecular formula is C36H46N6. The highest BCUT2D eigenvalue weighted by Crippen LogP contribution is 2.55. The molecule has 0 spiro atoms. The second-order valence-electron chi connectivity index (χ2n) is 15.0. The molecule has 2 saturated heterocycles. The molecule has 42 heavy (non-hydrogen) atoms. The van der Waals surface area contributed by atoms with Crippen molar-refractivity contribution in [3.63, 3.8) is 0 Å². The zero-order valence-corrected chi connectivity index (χ0v) is 26.7. The third kappa shape index (κ3) is 3.90. The highest BCUT2D eigenvalue weighted by Gasteiger charge is 2.54. The lowest BCUT2D eigenvalue weighted by Gasteiger charge is -2.57. The van der Waals surface area contributed by atoms with Gasteiger partial charge in [0.2, 0.25) is 0 Å². The van der Waals surface area contributed by atoms with Gasteiger partial charge >= 0.3 is 0 Å². The summed E-state index contributed by atoms with van der Waals surface area (Å²) in [6, 6.07) is 10.3. The fourth-order valence-electron chi connectivity index (χ4n) is 8.73. The number of hydrogen-bond acceptors (Lipinski definition) is 6. The van der Waals surface area contributed by atoms with E-state index in [2.05, 4.69) is 91.4 Å². The Kier molecular flexibility index (Phi) is 6.15. The van der Waals surface area contributed by atoms with E-state index < -0.39 is 0 Å². The molecule has 2 aliphatic carbocycles. The summed E-state index contributed by atoms with van der Waals surface area (Å²) in [7, 11) is 0. The van der Waals surface area contributed by atoms with Gasteiger partial charge in [0.1, 0.15) is 0 Å². The summed E-state index contributed by atoms with van der Waals surface area (Å²) in [4.78, 5) is 18.5. The van der Waals surface area contributed by atoms with Crippen LogP contribution in [0.25, 0.3) is 22.1 Å². The molecule has 2 aromatic heterocycles. The van der Waals surface area contributed by atoms with Gasteiger partial charge in [-0.2, -0.15) is 0 Å². The van der Waals surface area contributed by atoms with E-state index in [1.807, 2.05) is 26.2 Å². The van der Waals surface area contributed by atoms with E-state index in [4.69, 9.17) is 4.98 Å². The lowest BCUT2D eigenvalue weighted by molar-refractivity contribution is 0.0561. The van der Waals surface area contributed by atoms with E-state index in [1.165, 1.54) is 35.1 Å². The summed E-state index contributed by atoms with van der Waals surface area (Å²) in [6.45, 7) is 20.8. The van der Waals surface area contributed by atoms with Crippen molar-refractivity contribution in [2.24, 2.45) is 10.8 Å². The average molecular weight is 563 g/mol. The molecule has 2 N–H and O–H groups in total. The van der Waals surface area contributed by atoms with Crippen LogP contribution in [0.5, 0.6) is 0 Å². The van der Waals surface area contributed by atoms with Gasteiger partial charge in [-0.3, -0.25) is 9.97 Å². The molecule has 4 heterocycles. The van der Waals surface area contributed by atoms with Crippen molar-refractivity contribution < 1.29 is 0 Å². The highest BCUT2D eigenvalue weighted by molar-refractivity contribution is 5.78. The number of aryl methyl sites for hydroxylation is 2. The van der Waals surface area contributed by atoms with Crippen LogP contribution in [-0.4, -0.2) is 45.1 Å². The molecule has 6 nitrogen and oxygen atoms in total. The van der Waals surface area contributed by atoms with Gasteiger partial charge in [0.25, 0.3) is 0 Å². The van der Waals surface area contributed by atoms with Crippen LogP contribution in [0, 0.1) is 24.7 Å². The Morgan fingerprint density at radius 3 is 1.50 bits per heavy atom. The fourth-order valence-corrected chi connectivity index (χ4v) is 8.73. The molecule has 220 valence electrons. The highest BCUT2D eigenvalue weighted by atomic mass is 15.0. The molecule has 2 fully saturated rings. The molecule has 0 unspecified atom stereocenters. The van der Waals surface area contributed by atoms with E-state index in [-0.39, 0.29) is 21.7 Å². The second kappa shape index (κ2) is 9.27. The van der Waals surface area contributed by atoms with E-state index in [0.717, 1.165) is 59.4 Å². The van der Waals surface area contributed by atoms with Gasteiger partial charge in [-0.1, -0.05) is 41.5 Å². The number of hydrogen-bond donors (Lipinski definition) is 2. The molecule has 0 amide bonds. The molecule has 2 aromatic carbocycles. The molecule has 4 bridgehead atoms. The zero-order valence-electron chi connectivity index (χ0n) is 26.7. The number of aromatic nitrogens is 4. The first-order valence-electron chi connectivity index (χ1n) is 15.8. The lowest BCUT2D eigenvalue weighted by Crippen LogP contribution is -2.62. The van der Waals surface area contributed by atoms with Crippen molar-refractivity contribution in [1.82, 2.24) is 30.6 Å².